The van der Waals surface area contributed by atoms with Crippen molar-refractivity contribution in [1.29, 1.82) is 0 Å². The van der Waals surface area contributed by atoms with Crippen LogP contribution in [-0.2, 0) is 6.42 Å². The second-order valence-corrected chi connectivity index (χ2v) is 4.03. The molecule has 0 saturated carbocycles. The van der Waals surface area contributed by atoms with Gasteiger partial charge in [-0.15, -0.1) is 0 Å². The number of phenolic OH excluding ortho intramolecular Hbond substituents is 1. The summed E-state index contributed by atoms with van der Waals surface area (Å²) < 4.78 is 0. The largest absolute Gasteiger partial charge is 0.508 e. The zero-order valence-corrected chi connectivity index (χ0v) is 10.2. The van der Waals surface area contributed by atoms with Crippen molar-refractivity contribution in [3.05, 3.63) is 84.0 Å². The van der Waals surface area contributed by atoms with Gasteiger partial charge in [-0.05, 0) is 23.6 Å². The van der Waals surface area contributed by atoms with Crippen LogP contribution in [0.5, 0.6) is 5.75 Å². The molecule has 0 spiro atoms. The van der Waals surface area contributed by atoms with Gasteiger partial charge in [-0.2, -0.15) is 0 Å². The smallest absolute Gasteiger partial charge is 0.119 e. The molecule has 0 fully saturated rings. The highest BCUT2D eigenvalue weighted by atomic mass is 16.3. The molecule has 0 aliphatic rings. The Kier molecular flexibility index (Phi) is 4.37. The van der Waals surface area contributed by atoms with E-state index in [-0.39, 0.29) is 0 Å². The molecule has 0 heterocycles. The van der Waals surface area contributed by atoms with Crippen LogP contribution in [0.2, 0.25) is 0 Å². The molecule has 90 valence electrons. The van der Waals surface area contributed by atoms with E-state index in [0.717, 1.165) is 12.0 Å². The molecule has 2 rings (SSSR count). The van der Waals surface area contributed by atoms with Crippen LogP contribution < -0.4 is 0 Å². The predicted molar refractivity (Wildman–Crippen MR) is 76.4 cm³/mol. The highest BCUT2D eigenvalue weighted by Crippen LogP contribution is 2.16. The molecule has 0 bridgehead atoms. The Morgan fingerprint density at radius 3 is 2.33 bits per heavy atom. The number of para-hydroxylation sites is 1. The molecule has 0 amide bonds. The normalized spacial score (nSPS) is 11.3. The van der Waals surface area contributed by atoms with Gasteiger partial charge in [0.15, 0.2) is 0 Å². The van der Waals surface area contributed by atoms with Crippen LogP contribution in [0, 0.1) is 0 Å². The van der Waals surface area contributed by atoms with Gasteiger partial charge < -0.3 is 5.11 Å². The standard InChI is InChI=1S/C17H16O/c18-17-14-8-7-13-16(17)12-6-2-5-11-15-9-3-1-4-10-15/h1-11,13-14,18H,12H2. The van der Waals surface area contributed by atoms with E-state index in [1.54, 1.807) is 6.07 Å². The van der Waals surface area contributed by atoms with Gasteiger partial charge in [-0.25, -0.2) is 0 Å². The summed E-state index contributed by atoms with van der Waals surface area (Å²) in [6.45, 7) is 0. The number of benzene rings is 2. The van der Waals surface area contributed by atoms with E-state index in [4.69, 9.17) is 0 Å². The fourth-order valence-electron chi connectivity index (χ4n) is 1.69. The second-order valence-electron chi connectivity index (χ2n) is 4.03. The van der Waals surface area contributed by atoms with E-state index in [9.17, 15) is 5.11 Å². The topological polar surface area (TPSA) is 20.2 Å². The Balaban J connectivity index is 1.90. The minimum Gasteiger partial charge on any atom is -0.508 e. The van der Waals surface area contributed by atoms with Gasteiger partial charge in [0.05, 0.1) is 0 Å². The third-order valence-electron chi connectivity index (χ3n) is 2.66. The van der Waals surface area contributed by atoms with Crippen LogP contribution in [0.15, 0.2) is 72.8 Å². The van der Waals surface area contributed by atoms with Crippen LogP contribution in [0.25, 0.3) is 6.08 Å². The highest BCUT2D eigenvalue weighted by Gasteiger charge is 1.94. The summed E-state index contributed by atoms with van der Waals surface area (Å²) in [5.74, 6) is 0.356. The van der Waals surface area contributed by atoms with Gasteiger partial charge in [0, 0.05) is 0 Å². The van der Waals surface area contributed by atoms with E-state index in [2.05, 4.69) is 18.2 Å². The summed E-state index contributed by atoms with van der Waals surface area (Å²) in [5.41, 5.74) is 2.13. The van der Waals surface area contributed by atoms with E-state index in [1.807, 2.05) is 54.6 Å². The fraction of sp³-hybridized carbons (Fsp3) is 0.0588. The molecule has 18 heavy (non-hydrogen) atoms. The summed E-state index contributed by atoms with van der Waals surface area (Å²) in [6.07, 6.45) is 8.84. The van der Waals surface area contributed by atoms with Crippen molar-refractivity contribution in [2.75, 3.05) is 0 Å². The molecule has 2 aromatic carbocycles. The number of allylic oxidation sites excluding steroid dienone is 3. The van der Waals surface area contributed by atoms with E-state index >= 15 is 0 Å². The van der Waals surface area contributed by atoms with Crippen molar-refractivity contribution < 1.29 is 5.11 Å². The molecule has 0 aromatic heterocycles. The van der Waals surface area contributed by atoms with Crippen LogP contribution in [-0.4, -0.2) is 5.11 Å². The lowest BCUT2D eigenvalue weighted by Crippen LogP contribution is -1.80. The molecule has 0 aliphatic heterocycles. The first-order chi connectivity index (χ1) is 8.86. The van der Waals surface area contributed by atoms with Gasteiger partial charge in [-0.3, -0.25) is 0 Å². The first-order valence-corrected chi connectivity index (χ1v) is 6.01. The predicted octanol–water partition coefficient (Wildman–Crippen LogP) is 4.20. The molecule has 2 aromatic rings. The maximum Gasteiger partial charge on any atom is 0.119 e. The van der Waals surface area contributed by atoms with E-state index in [1.165, 1.54) is 5.56 Å². The minimum atomic E-state index is 0.356. The number of hydrogen-bond acceptors (Lipinski definition) is 1. The molecule has 0 aliphatic carbocycles. The summed E-state index contributed by atoms with van der Waals surface area (Å²) in [6, 6.07) is 17.6. The van der Waals surface area contributed by atoms with Crippen molar-refractivity contribution in [3.8, 4) is 5.75 Å². The molecule has 1 N–H and O–H groups in total. The summed E-state index contributed by atoms with van der Waals surface area (Å²) in [7, 11) is 0. The molecule has 0 saturated heterocycles. The molecule has 0 unspecified atom stereocenters. The Morgan fingerprint density at radius 1 is 0.833 bits per heavy atom. The average Bonchev–Trinajstić information content (AvgIpc) is 2.42. The zero-order valence-electron chi connectivity index (χ0n) is 10.2. The molecule has 0 atom stereocenters. The van der Waals surface area contributed by atoms with Gasteiger partial charge in [0.2, 0.25) is 0 Å². The zero-order chi connectivity index (χ0) is 12.6. The molecule has 0 radical (unpaired) electrons. The van der Waals surface area contributed by atoms with Gasteiger partial charge in [0.25, 0.3) is 0 Å². The third-order valence-corrected chi connectivity index (χ3v) is 2.66. The SMILES string of the molecule is Oc1ccccc1CC=CC=Cc1ccccc1. The molecule has 1 heteroatoms. The lowest BCUT2D eigenvalue weighted by atomic mass is 10.1. The molecular formula is C17H16O. The number of rotatable bonds is 4. The van der Waals surface area contributed by atoms with Crippen LogP contribution in [0.1, 0.15) is 11.1 Å². The lowest BCUT2D eigenvalue weighted by molar-refractivity contribution is 0.470. The monoisotopic (exact) mass is 236 g/mol. The first kappa shape index (κ1) is 12.2. The quantitative estimate of drug-likeness (QED) is 0.789. The van der Waals surface area contributed by atoms with Crippen LogP contribution in [0.3, 0.4) is 0 Å². The maximum absolute atomic E-state index is 9.59. The van der Waals surface area contributed by atoms with Gasteiger partial charge in [-0.1, -0.05) is 72.8 Å². The van der Waals surface area contributed by atoms with Crippen molar-refractivity contribution in [2.45, 2.75) is 6.42 Å². The lowest BCUT2D eigenvalue weighted by Gasteiger charge is -1.98. The Labute approximate surface area is 108 Å². The third kappa shape index (κ3) is 3.63. The van der Waals surface area contributed by atoms with Crippen LogP contribution >= 0.6 is 0 Å². The number of phenols is 1. The van der Waals surface area contributed by atoms with Gasteiger partial charge in [0.1, 0.15) is 5.75 Å². The van der Waals surface area contributed by atoms with Crippen LogP contribution in [0.4, 0.5) is 0 Å². The fourth-order valence-corrected chi connectivity index (χ4v) is 1.69. The summed E-state index contributed by atoms with van der Waals surface area (Å²) in [4.78, 5) is 0. The Hall–Kier alpha value is -2.28. The van der Waals surface area contributed by atoms with Crippen molar-refractivity contribution in [1.82, 2.24) is 0 Å². The first-order valence-electron chi connectivity index (χ1n) is 6.01. The highest BCUT2D eigenvalue weighted by molar-refractivity contribution is 5.50. The number of aromatic hydroxyl groups is 1. The van der Waals surface area contributed by atoms with E-state index in [0.29, 0.717) is 5.75 Å². The maximum atomic E-state index is 9.59. The average molecular weight is 236 g/mol. The summed E-state index contributed by atoms with van der Waals surface area (Å²) in [5, 5.41) is 9.59. The molecule has 1 nitrogen and oxygen atoms in total. The van der Waals surface area contributed by atoms with Crippen molar-refractivity contribution in [3.63, 3.8) is 0 Å². The van der Waals surface area contributed by atoms with E-state index < -0.39 is 0 Å². The van der Waals surface area contributed by atoms with Crippen molar-refractivity contribution >= 4 is 6.08 Å². The second kappa shape index (κ2) is 6.45. The van der Waals surface area contributed by atoms with Crippen molar-refractivity contribution in [2.24, 2.45) is 0 Å². The number of hydrogen-bond donors (Lipinski definition) is 1. The Morgan fingerprint density at radius 2 is 1.56 bits per heavy atom. The summed E-state index contributed by atoms with van der Waals surface area (Å²) >= 11 is 0. The van der Waals surface area contributed by atoms with Gasteiger partial charge >= 0.3 is 0 Å². The minimum absolute atomic E-state index is 0.356. The Bertz CT molecular complexity index is 539. The molecular weight excluding hydrogens is 220 g/mol.